The van der Waals surface area contributed by atoms with Crippen LogP contribution in [0.2, 0.25) is 0 Å². The maximum atomic E-state index is 11.4. The van der Waals surface area contributed by atoms with Gasteiger partial charge in [0.2, 0.25) is 0 Å². The number of hydrogen-bond donors (Lipinski definition) is 0. The zero-order valence-corrected chi connectivity index (χ0v) is 13.0. The van der Waals surface area contributed by atoms with E-state index in [1.807, 2.05) is 30.1 Å². The first-order valence-corrected chi connectivity index (χ1v) is 8.35. The topological polar surface area (TPSA) is 39.2 Å². The SMILES string of the molecule is COC(=O)CC1(CSCc2ccnc3ccccc23)CC1. The Kier molecular flexibility index (Phi) is 4.15. The minimum absolute atomic E-state index is 0.0811. The number of methoxy groups -OCH3 is 1. The number of thioether (sulfide) groups is 1. The largest absolute Gasteiger partial charge is 0.469 e. The third-order valence-electron chi connectivity index (χ3n) is 4.11. The highest BCUT2D eigenvalue weighted by atomic mass is 32.2. The van der Waals surface area contributed by atoms with Crippen molar-refractivity contribution >= 4 is 28.6 Å². The van der Waals surface area contributed by atoms with Crippen molar-refractivity contribution in [2.45, 2.75) is 25.0 Å². The number of esters is 1. The van der Waals surface area contributed by atoms with E-state index in [1.165, 1.54) is 18.1 Å². The van der Waals surface area contributed by atoms with Gasteiger partial charge in [-0.2, -0.15) is 11.8 Å². The lowest BCUT2D eigenvalue weighted by molar-refractivity contribution is -0.141. The minimum Gasteiger partial charge on any atom is -0.469 e. The Morgan fingerprint density at radius 3 is 2.90 bits per heavy atom. The van der Waals surface area contributed by atoms with E-state index in [0.29, 0.717) is 6.42 Å². The van der Waals surface area contributed by atoms with Crippen LogP contribution in [-0.2, 0) is 15.3 Å². The van der Waals surface area contributed by atoms with Crippen molar-refractivity contribution in [3.05, 3.63) is 42.1 Å². The van der Waals surface area contributed by atoms with Gasteiger partial charge in [-0.25, -0.2) is 0 Å². The van der Waals surface area contributed by atoms with Gasteiger partial charge < -0.3 is 4.74 Å². The average molecular weight is 301 g/mol. The van der Waals surface area contributed by atoms with Crippen LogP contribution in [0.1, 0.15) is 24.8 Å². The first-order valence-electron chi connectivity index (χ1n) is 7.20. The lowest BCUT2D eigenvalue weighted by Gasteiger charge is -2.13. The number of benzene rings is 1. The molecule has 1 aromatic carbocycles. The van der Waals surface area contributed by atoms with Gasteiger partial charge in [0.1, 0.15) is 0 Å². The fourth-order valence-corrected chi connectivity index (χ4v) is 3.98. The molecule has 0 radical (unpaired) electrons. The van der Waals surface area contributed by atoms with Gasteiger partial charge >= 0.3 is 5.97 Å². The number of carbonyl (C=O) groups is 1. The summed E-state index contributed by atoms with van der Waals surface area (Å²) in [7, 11) is 1.47. The summed E-state index contributed by atoms with van der Waals surface area (Å²) >= 11 is 1.91. The normalized spacial score (nSPS) is 15.9. The number of para-hydroxylation sites is 1. The van der Waals surface area contributed by atoms with E-state index in [0.717, 1.165) is 29.9 Å². The highest BCUT2D eigenvalue weighted by molar-refractivity contribution is 7.98. The first-order chi connectivity index (χ1) is 10.2. The Labute approximate surface area is 129 Å². The molecule has 1 aromatic heterocycles. The molecule has 0 amide bonds. The van der Waals surface area contributed by atoms with Crippen LogP contribution in [0, 0.1) is 5.41 Å². The summed E-state index contributed by atoms with van der Waals surface area (Å²) < 4.78 is 4.79. The van der Waals surface area contributed by atoms with E-state index in [2.05, 4.69) is 23.2 Å². The lowest BCUT2D eigenvalue weighted by Crippen LogP contribution is -2.13. The second-order valence-electron chi connectivity index (χ2n) is 5.73. The van der Waals surface area contributed by atoms with Gasteiger partial charge in [-0.3, -0.25) is 9.78 Å². The van der Waals surface area contributed by atoms with E-state index in [-0.39, 0.29) is 11.4 Å². The van der Waals surface area contributed by atoms with Crippen LogP contribution < -0.4 is 0 Å². The van der Waals surface area contributed by atoms with E-state index in [9.17, 15) is 4.79 Å². The van der Waals surface area contributed by atoms with Crippen molar-refractivity contribution in [2.24, 2.45) is 5.41 Å². The third-order valence-corrected chi connectivity index (χ3v) is 5.44. The molecule has 3 rings (SSSR count). The molecule has 1 aliphatic carbocycles. The standard InChI is InChI=1S/C17H19NO2S/c1-20-16(19)10-17(7-8-17)12-21-11-13-6-9-18-15-5-3-2-4-14(13)15/h2-6,9H,7-8,10-12H2,1H3. The van der Waals surface area contributed by atoms with Gasteiger partial charge in [-0.05, 0) is 41.7 Å². The van der Waals surface area contributed by atoms with Crippen LogP contribution in [0.25, 0.3) is 10.9 Å². The molecule has 0 unspecified atom stereocenters. The minimum atomic E-state index is -0.0811. The average Bonchev–Trinajstić information content (AvgIpc) is 3.27. The monoisotopic (exact) mass is 301 g/mol. The van der Waals surface area contributed by atoms with Crippen molar-refractivity contribution in [3.8, 4) is 0 Å². The predicted molar refractivity (Wildman–Crippen MR) is 86.2 cm³/mol. The Bertz CT molecular complexity index is 647. The molecule has 1 heterocycles. The van der Waals surface area contributed by atoms with Crippen LogP contribution in [0.5, 0.6) is 0 Å². The summed E-state index contributed by atoms with van der Waals surface area (Å²) in [5.74, 6) is 1.91. The van der Waals surface area contributed by atoms with Crippen LogP contribution in [0.4, 0.5) is 0 Å². The van der Waals surface area contributed by atoms with Gasteiger partial charge in [0.15, 0.2) is 0 Å². The first kappa shape index (κ1) is 14.4. The number of carbonyl (C=O) groups excluding carboxylic acids is 1. The molecule has 110 valence electrons. The molecule has 21 heavy (non-hydrogen) atoms. The van der Waals surface area contributed by atoms with Crippen molar-refractivity contribution in [1.29, 1.82) is 0 Å². The highest BCUT2D eigenvalue weighted by Gasteiger charge is 2.44. The number of aromatic nitrogens is 1. The maximum absolute atomic E-state index is 11.4. The van der Waals surface area contributed by atoms with Crippen LogP contribution in [-0.4, -0.2) is 23.8 Å². The summed E-state index contributed by atoms with van der Waals surface area (Å²) in [6.07, 6.45) is 4.73. The van der Waals surface area contributed by atoms with Gasteiger partial charge in [0, 0.05) is 17.3 Å². The van der Waals surface area contributed by atoms with Crippen LogP contribution in [0.15, 0.2) is 36.5 Å². The molecule has 0 N–H and O–H groups in total. The van der Waals surface area contributed by atoms with E-state index in [4.69, 9.17) is 4.74 Å². The molecule has 1 aliphatic rings. The number of hydrogen-bond acceptors (Lipinski definition) is 4. The third kappa shape index (κ3) is 3.38. The molecule has 0 spiro atoms. The number of nitrogens with zero attached hydrogens (tertiary/aromatic N) is 1. The predicted octanol–water partition coefficient (Wildman–Crippen LogP) is 3.81. The number of rotatable bonds is 6. The Morgan fingerprint density at radius 2 is 2.14 bits per heavy atom. The van der Waals surface area contributed by atoms with E-state index in [1.54, 1.807) is 0 Å². The molecule has 0 aliphatic heterocycles. The molecular formula is C17H19NO2S. The van der Waals surface area contributed by atoms with Crippen molar-refractivity contribution < 1.29 is 9.53 Å². The fraction of sp³-hybridized carbons (Fsp3) is 0.412. The molecule has 4 heteroatoms. The number of ether oxygens (including phenoxy) is 1. The Hall–Kier alpha value is -1.55. The second-order valence-corrected chi connectivity index (χ2v) is 6.72. The van der Waals surface area contributed by atoms with E-state index < -0.39 is 0 Å². The summed E-state index contributed by atoms with van der Waals surface area (Å²) in [4.78, 5) is 15.8. The molecule has 0 saturated heterocycles. The molecule has 2 aromatic rings. The summed E-state index contributed by atoms with van der Waals surface area (Å²) in [6.45, 7) is 0. The summed E-state index contributed by atoms with van der Waals surface area (Å²) in [6, 6.07) is 10.3. The zero-order valence-electron chi connectivity index (χ0n) is 12.2. The zero-order chi connectivity index (χ0) is 14.7. The second kappa shape index (κ2) is 6.06. The molecule has 0 bridgehead atoms. The quantitative estimate of drug-likeness (QED) is 0.761. The van der Waals surface area contributed by atoms with E-state index >= 15 is 0 Å². The molecule has 1 saturated carbocycles. The van der Waals surface area contributed by atoms with Crippen LogP contribution >= 0.6 is 11.8 Å². The summed E-state index contributed by atoms with van der Waals surface area (Å²) in [5.41, 5.74) is 2.56. The molecule has 1 fully saturated rings. The van der Waals surface area contributed by atoms with Crippen molar-refractivity contribution in [3.63, 3.8) is 0 Å². The maximum Gasteiger partial charge on any atom is 0.306 e. The Balaban J connectivity index is 1.61. The smallest absolute Gasteiger partial charge is 0.306 e. The molecule has 0 atom stereocenters. The number of fused-ring (bicyclic) bond motifs is 1. The van der Waals surface area contributed by atoms with Crippen LogP contribution in [0.3, 0.4) is 0 Å². The van der Waals surface area contributed by atoms with Gasteiger partial charge in [-0.15, -0.1) is 0 Å². The fourth-order valence-electron chi connectivity index (χ4n) is 2.59. The summed E-state index contributed by atoms with van der Waals surface area (Å²) in [5, 5.41) is 1.23. The highest BCUT2D eigenvalue weighted by Crippen LogP contribution is 2.51. The molecule has 3 nitrogen and oxygen atoms in total. The van der Waals surface area contributed by atoms with Crippen molar-refractivity contribution in [1.82, 2.24) is 4.98 Å². The lowest BCUT2D eigenvalue weighted by atomic mass is 10.1. The Morgan fingerprint density at radius 1 is 1.33 bits per heavy atom. The van der Waals surface area contributed by atoms with Gasteiger partial charge in [-0.1, -0.05) is 18.2 Å². The number of pyridine rings is 1. The molecular weight excluding hydrogens is 282 g/mol. The van der Waals surface area contributed by atoms with Crippen molar-refractivity contribution in [2.75, 3.05) is 12.9 Å². The van der Waals surface area contributed by atoms with Gasteiger partial charge in [0.05, 0.1) is 19.0 Å². The van der Waals surface area contributed by atoms with Gasteiger partial charge in [0.25, 0.3) is 0 Å².